The molecule has 176 valence electrons. The molecule has 2 aromatic carbocycles. The average molecular weight is 479 g/mol. The van der Waals surface area contributed by atoms with E-state index in [9.17, 15) is 13.2 Å². The molecule has 0 bridgehead atoms. The Morgan fingerprint density at radius 3 is 2.24 bits per heavy atom. The number of rotatable bonds is 5. The van der Waals surface area contributed by atoms with E-state index in [1.807, 2.05) is 38.1 Å². The van der Waals surface area contributed by atoms with E-state index in [1.54, 1.807) is 28.9 Å². The zero-order chi connectivity index (χ0) is 23.9. The standard InChI is InChI=1S/C24H26N6O3S/c1-16-3-7-18(8-4-16)15-30-23-21(27-28-30)24(31)26-22(25-23)19-11-13-29(14-12-19)34(32,33)20-9-5-17(2)6-10-20/h3-10,19H,11-15H2,1-2H3,(H,25,26,31). The molecule has 0 atom stereocenters. The van der Waals surface area contributed by atoms with E-state index < -0.39 is 10.0 Å². The fourth-order valence-corrected chi connectivity index (χ4v) is 5.75. The summed E-state index contributed by atoms with van der Waals surface area (Å²) in [6.07, 6.45) is 1.14. The van der Waals surface area contributed by atoms with Crippen LogP contribution in [0.15, 0.2) is 58.2 Å². The molecule has 0 amide bonds. The van der Waals surface area contributed by atoms with Gasteiger partial charge in [-0.1, -0.05) is 52.7 Å². The minimum atomic E-state index is -3.55. The van der Waals surface area contributed by atoms with Crippen LogP contribution in [0.1, 0.15) is 41.3 Å². The molecule has 1 aliphatic heterocycles. The van der Waals surface area contributed by atoms with Gasteiger partial charge in [-0.25, -0.2) is 18.1 Å². The lowest BCUT2D eigenvalue weighted by atomic mass is 9.97. The van der Waals surface area contributed by atoms with Crippen molar-refractivity contribution in [3.63, 3.8) is 0 Å². The van der Waals surface area contributed by atoms with Gasteiger partial charge in [0.1, 0.15) is 5.82 Å². The molecule has 5 rings (SSSR count). The number of hydrogen-bond donors (Lipinski definition) is 1. The van der Waals surface area contributed by atoms with E-state index >= 15 is 0 Å². The van der Waals surface area contributed by atoms with Gasteiger partial charge in [0.15, 0.2) is 11.2 Å². The highest BCUT2D eigenvalue weighted by atomic mass is 32.2. The number of nitrogens with zero attached hydrogens (tertiary/aromatic N) is 5. The van der Waals surface area contributed by atoms with Crippen molar-refractivity contribution in [1.29, 1.82) is 0 Å². The Hall–Kier alpha value is -3.37. The molecule has 10 heteroatoms. The van der Waals surface area contributed by atoms with Gasteiger partial charge in [0.2, 0.25) is 10.0 Å². The second-order valence-corrected chi connectivity index (χ2v) is 10.8. The van der Waals surface area contributed by atoms with E-state index in [0.717, 1.165) is 11.1 Å². The summed E-state index contributed by atoms with van der Waals surface area (Å²) >= 11 is 0. The Morgan fingerprint density at radius 2 is 1.59 bits per heavy atom. The van der Waals surface area contributed by atoms with Crippen molar-refractivity contribution in [2.24, 2.45) is 0 Å². The van der Waals surface area contributed by atoms with Crippen LogP contribution >= 0.6 is 0 Å². The maximum Gasteiger partial charge on any atom is 0.281 e. The first-order chi connectivity index (χ1) is 16.3. The Balaban J connectivity index is 1.36. The Morgan fingerprint density at radius 1 is 0.971 bits per heavy atom. The summed E-state index contributed by atoms with van der Waals surface area (Å²) in [7, 11) is -3.55. The lowest BCUT2D eigenvalue weighted by Crippen LogP contribution is -2.38. The van der Waals surface area contributed by atoms with Gasteiger partial charge < -0.3 is 4.98 Å². The first kappa shape index (κ1) is 22.4. The lowest BCUT2D eigenvalue weighted by molar-refractivity contribution is 0.313. The quantitative estimate of drug-likeness (QED) is 0.472. The summed E-state index contributed by atoms with van der Waals surface area (Å²) in [5.41, 5.74) is 3.53. The summed E-state index contributed by atoms with van der Waals surface area (Å²) in [5.74, 6) is 0.502. The molecule has 3 heterocycles. The second kappa shape index (κ2) is 8.77. The number of aromatic nitrogens is 5. The number of fused-ring (bicyclic) bond motifs is 1. The summed E-state index contributed by atoms with van der Waals surface area (Å²) < 4.78 is 29.2. The number of benzene rings is 2. The van der Waals surface area contributed by atoms with Crippen molar-refractivity contribution in [2.45, 2.75) is 44.0 Å². The molecule has 1 saturated heterocycles. The van der Waals surface area contributed by atoms with Gasteiger partial charge >= 0.3 is 0 Å². The molecule has 2 aromatic heterocycles. The summed E-state index contributed by atoms with van der Waals surface area (Å²) in [4.78, 5) is 20.5. The average Bonchev–Trinajstić information content (AvgIpc) is 3.24. The number of aromatic amines is 1. The van der Waals surface area contributed by atoms with Crippen LogP contribution in [0.25, 0.3) is 11.2 Å². The van der Waals surface area contributed by atoms with Crippen LogP contribution in [-0.2, 0) is 16.6 Å². The van der Waals surface area contributed by atoms with Crippen molar-refractivity contribution >= 4 is 21.2 Å². The van der Waals surface area contributed by atoms with E-state index in [0.29, 0.717) is 48.8 Å². The summed E-state index contributed by atoms with van der Waals surface area (Å²) in [5, 5.41) is 8.16. The minimum absolute atomic E-state index is 0.0516. The predicted molar refractivity (Wildman–Crippen MR) is 128 cm³/mol. The van der Waals surface area contributed by atoms with Crippen LogP contribution in [0, 0.1) is 13.8 Å². The van der Waals surface area contributed by atoms with Crippen LogP contribution < -0.4 is 5.56 Å². The smallest absolute Gasteiger partial charge is 0.281 e. The molecule has 4 aromatic rings. The molecular weight excluding hydrogens is 452 g/mol. The van der Waals surface area contributed by atoms with Crippen molar-refractivity contribution in [1.82, 2.24) is 29.3 Å². The minimum Gasteiger partial charge on any atom is -0.308 e. The molecule has 0 aliphatic carbocycles. The van der Waals surface area contributed by atoms with Crippen molar-refractivity contribution in [3.8, 4) is 0 Å². The molecule has 0 radical (unpaired) electrons. The molecule has 0 saturated carbocycles. The van der Waals surface area contributed by atoms with Crippen molar-refractivity contribution < 1.29 is 8.42 Å². The van der Waals surface area contributed by atoms with Gasteiger partial charge in [-0.2, -0.15) is 4.31 Å². The van der Waals surface area contributed by atoms with E-state index in [1.165, 1.54) is 9.87 Å². The SMILES string of the molecule is Cc1ccc(Cn2nnc3c(=O)[nH]c(C4CCN(S(=O)(=O)c5ccc(C)cc5)CC4)nc32)cc1. The molecular formula is C24H26N6O3S. The third kappa shape index (κ3) is 4.26. The lowest BCUT2D eigenvalue weighted by Gasteiger charge is -2.30. The van der Waals surface area contributed by atoms with E-state index in [2.05, 4.69) is 15.3 Å². The molecule has 9 nitrogen and oxygen atoms in total. The fourth-order valence-electron chi connectivity index (χ4n) is 4.28. The first-order valence-electron chi connectivity index (χ1n) is 11.3. The number of H-pyrrole nitrogens is 1. The molecule has 1 fully saturated rings. The monoisotopic (exact) mass is 478 g/mol. The number of piperidine rings is 1. The third-order valence-electron chi connectivity index (χ3n) is 6.34. The van der Waals surface area contributed by atoms with Crippen molar-refractivity contribution in [3.05, 3.63) is 81.4 Å². The third-order valence-corrected chi connectivity index (χ3v) is 8.26. The first-order valence-corrected chi connectivity index (χ1v) is 12.7. The number of hydrogen-bond acceptors (Lipinski definition) is 6. The highest BCUT2D eigenvalue weighted by Gasteiger charge is 2.31. The normalized spacial score (nSPS) is 15.7. The molecule has 1 aliphatic rings. The summed E-state index contributed by atoms with van der Waals surface area (Å²) in [6.45, 7) is 5.14. The Bertz CT molecular complexity index is 1480. The van der Waals surface area contributed by atoms with E-state index in [4.69, 9.17) is 4.98 Å². The molecule has 0 unspecified atom stereocenters. The maximum atomic E-state index is 13.0. The number of aryl methyl sites for hydroxylation is 2. The van der Waals surface area contributed by atoms with Gasteiger partial charge in [-0.05, 0) is 44.4 Å². The fraction of sp³-hybridized carbons (Fsp3) is 0.333. The predicted octanol–water partition coefficient (Wildman–Crippen LogP) is 2.75. The van der Waals surface area contributed by atoms with Gasteiger partial charge in [0.05, 0.1) is 11.4 Å². The summed E-state index contributed by atoms with van der Waals surface area (Å²) in [6, 6.07) is 15.0. The van der Waals surface area contributed by atoms with Gasteiger partial charge in [-0.15, -0.1) is 5.10 Å². The van der Waals surface area contributed by atoms with E-state index in [-0.39, 0.29) is 17.0 Å². The highest BCUT2D eigenvalue weighted by molar-refractivity contribution is 7.89. The van der Waals surface area contributed by atoms with Crippen LogP contribution in [-0.4, -0.2) is 50.8 Å². The number of nitrogens with one attached hydrogen (secondary N) is 1. The maximum absolute atomic E-state index is 13.0. The van der Waals surface area contributed by atoms with Crippen LogP contribution in [0.2, 0.25) is 0 Å². The zero-order valence-corrected chi connectivity index (χ0v) is 19.9. The molecule has 34 heavy (non-hydrogen) atoms. The molecule has 0 spiro atoms. The van der Waals surface area contributed by atoms with Gasteiger partial charge in [0, 0.05) is 19.0 Å². The van der Waals surface area contributed by atoms with Gasteiger partial charge in [-0.3, -0.25) is 4.79 Å². The zero-order valence-electron chi connectivity index (χ0n) is 19.1. The van der Waals surface area contributed by atoms with Crippen LogP contribution in [0.4, 0.5) is 0 Å². The van der Waals surface area contributed by atoms with Crippen molar-refractivity contribution in [2.75, 3.05) is 13.1 Å². The topological polar surface area (TPSA) is 114 Å². The molecule has 1 N–H and O–H groups in total. The Labute approximate surface area is 197 Å². The van der Waals surface area contributed by atoms with Crippen LogP contribution in [0.5, 0.6) is 0 Å². The largest absolute Gasteiger partial charge is 0.308 e. The van der Waals surface area contributed by atoms with Crippen LogP contribution in [0.3, 0.4) is 0 Å². The Kier molecular flexibility index (Phi) is 5.78. The second-order valence-electron chi connectivity index (χ2n) is 8.85. The number of sulfonamides is 1. The highest BCUT2D eigenvalue weighted by Crippen LogP contribution is 2.29. The van der Waals surface area contributed by atoms with Gasteiger partial charge in [0.25, 0.3) is 5.56 Å².